The fraction of sp³-hybridized carbons (Fsp3) is 0.500. The summed E-state index contributed by atoms with van der Waals surface area (Å²) in [5.74, 6) is -3.40. The molecule has 0 saturated carbocycles. The minimum absolute atomic E-state index is 0.00877. The van der Waals surface area contributed by atoms with Crippen LogP contribution in [0.25, 0.3) is 0 Å². The Morgan fingerprint density at radius 2 is 1.84 bits per heavy atom. The zero-order valence-corrected chi connectivity index (χ0v) is 11.5. The fourth-order valence-electron chi connectivity index (χ4n) is 1.59. The van der Waals surface area contributed by atoms with E-state index >= 15 is 0 Å². The van der Waals surface area contributed by atoms with E-state index in [0.717, 1.165) is 25.0 Å². The first-order chi connectivity index (χ1) is 8.87. The molecule has 0 heterocycles. The molecule has 0 saturated heterocycles. The molecule has 0 bridgehead atoms. The number of benzene rings is 1. The molecule has 0 spiro atoms. The van der Waals surface area contributed by atoms with Gasteiger partial charge in [0.15, 0.2) is 0 Å². The van der Waals surface area contributed by atoms with Gasteiger partial charge >= 0.3 is 5.76 Å². The van der Waals surface area contributed by atoms with Gasteiger partial charge in [0.2, 0.25) is 9.84 Å². The second-order valence-corrected chi connectivity index (χ2v) is 6.18. The van der Waals surface area contributed by atoms with Crippen LogP contribution in [0.1, 0.15) is 19.8 Å². The third-order valence-electron chi connectivity index (χ3n) is 2.65. The molecule has 108 valence electrons. The minimum atomic E-state index is -4.52. The van der Waals surface area contributed by atoms with Crippen molar-refractivity contribution >= 4 is 15.5 Å². The minimum Gasteiger partial charge on any atom is -0.383 e. The molecular weight excluding hydrogens is 274 g/mol. The fourth-order valence-corrected chi connectivity index (χ4v) is 2.31. The number of hydrogen-bond donors (Lipinski definition) is 2. The molecule has 1 atom stereocenters. The van der Waals surface area contributed by atoms with Crippen molar-refractivity contribution in [2.75, 3.05) is 11.9 Å². The number of rotatable bonds is 7. The average molecular weight is 292 g/mol. The molecule has 0 fully saturated rings. The van der Waals surface area contributed by atoms with E-state index in [9.17, 15) is 17.2 Å². The van der Waals surface area contributed by atoms with Crippen molar-refractivity contribution in [2.24, 2.45) is 5.73 Å². The second kappa shape index (κ2) is 6.81. The molecule has 19 heavy (non-hydrogen) atoms. The van der Waals surface area contributed by atoms with Crippen LogP contribution in [0.5, 0.6) is 0 Å². The summed E-state index contributed by atoms with van der Waals surface area (Å²) in [7, 11) is -4.52. The van der Waals surface area contributed by atoms with Crippen molar-refractivity contribution in [3.63, 3.8) is 0 Å². The standard InChI is InChI=1S/C12H18F2N2O2S/c1-2-3-9(15)8-16-10-4-6-11(7-5-10)19(17,18)12(13)14/h4-7,9,12,16H,2-3,8,15H2,1H3. The highest BCUT2D eigenvalue weighted by molar-refractivity contribution is 7.91. The topological polar surface area (TPSA) is 72.2 Å². The van der Waals surface area contributed by atoms with Gasteiger partial charge in [-0.05, 0) is 30.7 Å². The molecule has 1 aromatic rings. The van der Waals surface area contributed by atoms with E-state index in [0.29, 0.717) is 12.2 Å². The Bertz CT molecular complexity index is 489. The summed E-state index contributed by atoms with van der Waals surface area (Å²) in [5, 5.41) is 3.03. The predicted octanol–water partition coefficient (Wildman–Crippen LogP) is 2.22. The third kappa shape index (κ3) is 4.43. The second-order valence-electron chi connectivity index (χ2n) is 4.26. The first-order valence-electron chi connectivity index (χ1n) is 5.99. The molecule has 0 aliphatic carbocycles. The maximum Gasteiger partial charge on any atom is 0.341 e. The Morgan fingerprint density at radius 3 is 2.32 bits per heavy atom. The lowest BCUT2D eigenvalue weighted by atomic mass is 10.2. The van der Waals surface area contributed by atoms with Crippen LogP contribution >= 0.6 is 0 Å². The van der Waals surface area contributed by atoms with E-state index in [1.807, 2.05) is 6.92 Å². The normalized spacial score (nSPS) is 13.5. The van der Waals surface area contributed by atoms with Crippen molar-refractivity contribution in [2.45, 2.75) is 36.5 Å². The lowest BCUT2D eigenvalue weighted by Crippen LogP contribution is -2.28. The van der Waals surface area contributed by atoms with Crippen molar-refractivity contribution in [3.8, 4) is 0 Å². The van der Waals surface area contributed by atoms with Crippen LogP contribution in [-0.2, 0) is 9.84 Å². The van der Waals surface area contributed by atoms with Crippen molar-refractivity contribution in [3.05, 3.63) is 24.3 Å². The molecular formula is C12H18F2N2O2S. The number of hydrogen-bond acceptors (Lipinski definition) is 4. The Kier molecular flexibility index (Phi) is 5.68. The number of sulfone groups is 1. The van der Waals surface area contributed by atoms with Crippen LogP contribution in [0.3, 0.4) is 0 Å². The van der Waals surface area contributed by atoms with Crippen molar-refractivity contribution in [1.82, 2.24) is 0 Å². The lowest BCUT2D eigenvalue weighted by molar-refractivity contribution is 0.234. The summed E-state index contributed by atoms with van der Waals surface area (Å²) in [6.07, 6.45) is 1.86. The highest BCUT2D eigenvalue weighted by atomic mass is 32.2. The van der Waals surface area contributed by atoms with E-state index in [1.165, 1.54) is 12.1 Å². The Balaban J connectivity index is 2.67. The van der Waals surface area contributed by atoms with Gasteiger partial charge in [-0.2, -0.15) is 8.78 Å². The molecule has 1 unspecified atom stereocenters. The van der Waals surface area contributed by atoms with Gasteiger partial charge in [0.05, 0.1) is 4.90 Å². The van der Waals surface area contributed by atoms with Crippen LogP contribution in [0.2, 0.25) is 0 Å². The molecule has 4 nitrogen and oxygen atoms in total. The van der Waals surface area contributed by atoms with E-state index < -0.39 is 15.6 Å². The van der Waals surface area contributed by atoms with Gasteiger partial charge in [-0.15, -0.1) is 0 Å². The molecule has 0 amide bonds. The van der Waals surface area contributed by atoms with Crippen LogP contribution in [0.4, 0.5) is 14.5 Å². The monoisotopic (exact) mass is 292 g/mol. The van der Waals surface area contributed by atoms with Gasteiger partial charge in [0.25, 0.3) is 0 Å². The largest absolute Gasteiger partial charge is 0.383 e. The van der Waals surface area contributed by atoms with Gasteiger partial charge in [0, 0.05) is 18.3 Å². The molecule has 1 aromatic carbocycles. The number of nitrogens with two attached hydrogens (primary N) is 1. The highest BCUT2D eigenvalue weighted by Gasteiger charge is 2.26. The molecule has 1 rings (SSSR count). The Morgan fingerprint density at radius 1 is 1.26 bits per heavy atom. The summed E-state index contributed by atoms with van der Waals surface area (Å²) in [4.78, 5) is -0.383. The van der Waals surface area contributed by atoms with E-state index in [-0.39, 0.29) is 10.9 Å². The zero-order chi connectivity index (χ0) is 14.5. The summed E-state index contributed by atoms with van der Waals surface area (Å²) in [6, 6.07) is 5.24. The maximum absolute atomic E-state index is 12.3. The first-order valence-corrected chi connectivity index (χ1v) is 7.54. The SMILES string of the molecule is CCCC(N)CNc1ccc(S(=O)(=O)C(F)F)cc1. The predicted molar refractivity (Wildman–Crippen MR) is 71.0 cm³/mol. The van der Waals surface area contributed by atoms with Gasteiger partial charge in [0.1, 0.15) is 0 Å². The van der Waals surface area contributed by atoms with Gasteiger partial charge in [-0.3, -0.25) is 0 Å². The number of anilines is 1. The van der Waals surface area contributed by atoms with Crippen LogP contribution in [0.15, 0.2) is 29.2 Å². The number of nitrogens with one attached hydrogen (secondary N) is 1. The van der Waals surface area contributed by atoms with E-state index in [4.69, 9.17) is 5.73 Å². The molecule has 0 aliphatic rings. The van der Waals surface area contributed by atoms with Crippen LogP contribution < -0.4 is 11.1 Å². The smallest absolute Gasteiger partial charge is 0.341 e. The summed E-state index contributed by atoms with van der Waals surface area (Å²) in [5.41, 5.74) is 6.47. The summed E-state index contributed by atoms with van der Waals surface area (Å²) < 4.78 is 47.0. The third-order valence-corrected chi connectivity index (χ3v) is 4.04. The van der Waals surface area contributed by atoms with Gasteiger partial charge in [-0.25, -0.2) is 8.42 Å². The van der Waals surface area contributed by atoms with Crippen LogP contribution in [-0.4, -0.2) is 26.8 Å². The quantitative estimate of drug-likeness (QED) is 0.808. The van der Waals surface area contributed by atoms with Crippen molar-refractivity contribution in [1.29, 1.82) is 0 Å². The van der Waals surface area contributed by atoms with Crippen molar-refractivity contribution < 1.29 is 17.2 Å². The highest BCUT2D eigenvalue weighted by Crippen LogP contribution is 2.20. The van der Waals surface area contributed by atoms with E-state index in [1.54, 1.807) is 0 Å². The average Bonchev–Trinajstić information content (AvgIpc) is 2.37. The first kappa shape index (κ1) is 15.8. The number of halogens is 2. The zero-order valence-electron chi connectivity index (χ0n) is 10.6. The van der Waals surface area contributed by atoms with Gasteiger partial charge < -0.3 is 11.1 Å². The summed E-state index contributed by atoms with van der Waals surface area (Å²) in [6.45, 7) is 2.58. The van der Waals surface area contributed by atoms with Gasteiger partial charge in [-0.1, -0.05) is 13.3 Å². The number of alkyl halides is 2. The molecule has 7 heteroatoms. The lowest BCUT2D eigenvalue weighted by Gasteiger charge is -2.13. The molecule has 3 N–H and O–H groups in total. The molecule has 0 aliphatic heterocycles. The Hall–Kier alpha value is -1.21. The molecule has 0 radical (unpaired) electrons. The van der Waals surface area contributed by atoms with Crippen LogP contribution in [0, 0.1) is 0 Å². The Labute approximate surface area is 111 Å². The maximum atomic E-state index is 12.3. The summed E-state index contributed by atoms with van der Waals surface area (Å²) >= 11 is 0. The van der Waals surface area contributed by atoms with E-state index in [2.05, 4.69) is 5.32 Å². The molecule has 0 aromatic heterocycles.